The van der Waals surface area contributed by atoms with Gasteiger partial charge in [0.2, 0.25) is 0 Å². The Morgan fingerprint density at radius 2 is 2.11 bits per heavy atom. The Hall–Kier alpha value is -0.0400. The molecule has 0 bridgehead atoms. The average Bonchev–Trinajstić information content (AvgIpc) is 3.05. The van der Waals surface area contributed by atoms with Crippen LogP contribution < -0.4 is 10.6 Å². The van der Waals surface area contributed by atoms with E-state index in [9.17, 15) is 0 Å². The Morgan fingerprint density at radius 1 is 1.26 bits per heavy atom. The van der Waals surface area contributed by atoms with Crippen molar-refractivity contribution in [2.75, 3.05) is 19.7 Å². The second-order valence-corrected chi connectivity index (χ2v) is 6.32. The topological polar surface area (TPSA) is 45.7 Å². The summed E-state index contributed by atoms with van der Waals surface area (Å²) in [6.07, 6.45) is 8.39. The highest BCUT2D eigenvalue weighted by Crippen LogP contribution is 2.60. The van der Waals surface area contributed by atoms with Crippen LogP contribution in [0, 0.1) is 11.3 Å². The van der Waals surface area contributed by atoms with Gasteiger partial charge in [0.25, 0.3) is 0 Å². The van der Waals surface area contributed by atoms with E-state index in [1.54, 1.807) is 0 Å². The monoisotopic (exact) mass is 377 g/mol. The maximum Gasteiger partial charge on any atom is 0.191 e. The van der Waals surface area contributed by atoms with Crippen molar-refractivity contribution >= 4 is 29.9 Å². The maximum absolute atomic E-state index is 6.01. The minimum absolute atomic E-state index is 0. The van der Waals surface area contributed by atoms with Gasteiger partial charge in [0, 0.05) is 37.1 Å². The molecule has 1 spiro atoms. The zero-order valence-corrected chi connectivity index (χ0v) is 13.7. The predicted molar refractivity (Wildman–Crippen MR) is 86.0 cm³/mol. The second kappa shape index (κ2) is 5.39. The van der Waals surface area contributed by atoms with Crippen LogP contribution in [0.1, 0.15) is 38.5 Å². The molecule has 2 N–H and O–H groups in total. The van der Waals surface area contributed by atoms with E-state index in [4.69, 9.17) is 4.74 Å². The lowest BCUT2D eigenvalue weighted by molar-refractivity contribution is -0.125. The number of hydrogen-bond donors (Lipinski definition) is 2. The van der Waals surface area contributed by atoms with E-state index in [1.165, 1.54) is 32.1 Å². The number of nitrogens with zero attached hydrogens (tertiary/aromatic N) is 1. The molecule has 4 rings (SSSR count). The molecule has 3 atom stereocenters. The standard InChI is InChI=1S/C14H23N3O.HI/c1-2-6-14(5-1)11(10-4-9-18-12(10)14)17-13-15-7-3-8-16-13;/h10-12H,1-9H2,(H2,15,16,17);1H. The van der Waals surface area contributed by atoms with Crippen LogP contribution in [0.4, 0.5) is 0 Å². The Morgan fingerprint density at radius 3 is 2.84 bits per heavy atom. The van der Waals surface area contributed by atoms with Crippen molar-refractivity contribution in [3.05, 3.63) is 0 Å². The minimum atomic E-state index is 0. The van der Waals surface area contributed by atoms with Crippen LogP contribution >= 0.6 is 24.0 Å². The minimum Gasteiger partial charge on any atom is -0.377 e. The normalized spacial score (nSPS) is 38.7. The van der Waals surface area contributed by atoms with E-state index in [0.717, 1.165) is 38.0 Å². The highest BCUT2D eigenvalue weighted by Gasteiger charge is 2.65. The van der Waals surface area contributed by atoms with Crippen molar-refractivity contribution in [1.82, 2.24) is 10.6 Å². The number of nitrogens with one attached hydrogen (secondary N) is 2. The molecule has 0 aromatic carbocycles. The predicted octanol–water partition coefficient (Wildman–Crippen LogP) is 1.89. The molecule has 5 heteroatoms. The van der Waals surface area contributed by atoms with Gasteiger partial charge in [-0.3, -0.25) is 4.99 Å². The third-order valence-electron chi connectivity index (χ3n) is 5.48. The second-order valence-electron chi connectivity index (χ2n) is 6.32. The molecule has 0 aromatic heterocycles. The summed E-state index contributed by atoms with van der Waals surface area (Å²) in [5, 5.41) is 7.12. The summed E-state index contributed by atoms with van der Waals surface area (Å²) >= 11 is 0. The van der Waals surface area contributed by atoms with Crippen molar-refractivity contribution in [1.29, 1.82) is 0 Å². The summed E-state index contributed by atoms with van der Waals surface area (Å²) < 4.78 is 6.01. The molecule has 4 aliphatic rings. The lowest BCUT2D eigenvalue weighted by Gasteiger charge is -2.57. The summed E-state index contributed by atoms with van der Waals surface area (Å²) in [5.41, 5.74) is 0.433. The number of hydrogen-bond acceptors (Lipinski definition) is 4. The van der Waals surface area contributed by atoms with Crippen LogP contribution in [0.2, 0.25) is 0 Å². The molecule has 3 unspecified atom stereocenters. The number of rotatable bonds is 1. The SMILES string of the molecule is C1CN=C(NC2C3CCOC3C23CCCC3)NC1.I. The molecule has 2 heterocycles. The van der Waals surface area contributed by atoms with Gasteiger partial charge in [-0.1, -0.05) is 12.8 Å². The Labute approximate surface area is 132 Å². The van der Waals surface area contributed by atoms with Crippen LogP contribution in [0.15, 0.2) is 4.99 Å². The lowest BCUT2D eigenvalue weighted by Crippen LogP contribution is -2.69. The Bertz CT molecular complexity index is 368. The summed E-state index contributed by atoms with van der Waals surface area (Å²) in [6.45, 7) is 3.00. The number of aliphatic imine (C=N–C) groups is 1. The molecular weight excluding hydrogens is 353 g/mol. The molecule has 2 aliphatic heterocycles. The maximum atomic E-state index is 6.01. The van der Waals surface area contributed by atoms with Crippen LogP contribution in [0.3, 0.4) is 0 Å². The molecule has 3 fully saturated rings. The molecule has 4 nitrogen and oxygen atoms in total. The van der Waals surface area contributed by atoms with E-state index in [0.29, 0.717) is 17.6 Å². The first-order valence-corrected chi connectivity index (χ1v) is 7.57. The summed E-state index contributed by atoms with van der Waals surface area (Å²) in [5.74, 6) is 1.78. The number of fused-ring (bicyclic) bond motifs is 2. The molecule has 19 heavy (non-hydrogen) atoms. The van der Waals surface area contributed by atoms with Crippen LogP contribution in [-0.4, -0.2) is 37.8 Å². The van der Waals surface area contributed by atoms with E-state index >= 15 is 0 Å². The molecular formula is C14H24IN3O. The molecule has 0 radical (unpaired) electrons. The van der Waals surface area contributed by atoms with Gasteiger partial charge in [-0.2, -0.15) is 0 Å². The molecule has 1 saturated heterocycles. The average molecular weight is 377 g/mol. The van der Waals surface area contributed by atoms with Crippen molar-refractivity contribution in [2.24, 2.45) is 16.3 Å². The van der Waals surface area contributed by atoms with Crippen LogP contribution in [-0.2, 0) is 4.74 Å². The van der Waals surface area contributed by atoms with Gasteiger partial charge >= 0.3 is 0 Å². The number of guanidine groups is 1. The summed E-state index contributed by atoms with van der Waals surface area (Å²) in [4.78, 5) is 4.57. The quantitative estimate of drug-likeness (QED) is 0.687. The molecule has 108 valence electrons. The highest BCUT2D eigenvalue weighted by atomic mass is 127. The van der Waals surface area contributed by atoms with Gasteiger partial charge in [-0.25, -0.2) is 0 Å². The lowest BCUT2D eigenvalue weighted by atomic mass is 9.54. The molecule has 0 aromatic rings. The first-order valence-electron chi connectivity index (χ1n) is 7.57. The third-order valence-corrected chi connectivity index (χ3v) is 5.48. The molecule has 2 saturated carbocycles. The third kappa shape index (κ3) is 2.07. The van der Waals surface area contributed by atoms with Crippen LogP contribution in [0.5, 0.6) is 0 Å². The number of halogens is 1. The zero-order chi connectivity index (χ0) is 12.0. The van der Waals surface area contributed by atoms with E-state index in [2.05, 4.69) is 15.6 Å². The fraction of sp³-hybridized carbons (Fsp3) is 0.929. The van der Waals surface area contributed by atoms with Crippen molar-refractivity contribution in [3.8, 4) is 0 Å². The summed E-state index contributed by atoms with van der Waals surface area (Å²) in [7, 11) is 0. The van der Waals surface area contributed by atoms with Gasteiger partial charge in [0.1, 0.15) is 0 Å². The summed E-state index contributed by atoms with van der Waals surface area (Å²) in [6, 6.07) is 0.608. The molecule has 2 aliphatic carbocycles. The first kappa shape index (κ1) is 13.9. The Kier molecular flexibility index (Phi) is 3.95. The van der Waals surface area contributed by atoms with E-state index < -0.39 is 0 Å². The van der Waals surface area contributed by atoms with Crippen LogP contribution in [0.25, 0.3) is 0 Å². The van der Waals surface area contributed by atoms with Gasteiger partial charge in [0.15, 0.2) is 5.96 Å². The van der Waals surface area contributed by atoms with Crippen molar-refractivity contribution in [2.45, 2.75) is 50.7 Å². The van der Waals surface area contributed by atoms with E-state index in [-0.39, 0.29) is 24.0 Å². The fourth-order valence-electron chi connectivity index (χ4n) is 4.68. The van der Waals surface area contributed by atoms with Crippen molar-refractivity contribution < 1.29 is 4.74 Å². The van der Waals surface area contributed by atoms with Gasteiger partial charge < -0.3 is 15.4 Å². The van der Waals surface area contributed by atoms with E-state index in [1.807, 2.05) is 0 Å². The van der Waals surface area contributed by atoms with Crippen molar-refractivity contribution in [3.63, 3.8) is 0 Å². The Balaban J connectivity index is 0.00000110. The smallest absolute Gasteiger partial charge is 0.191 e. The molecule has 0 amide bonds. The number of ether oxygens (including phenoxy) is 1. The van der Waals surface area contributed by atoms with Gasteiger partial charge in [-0.15, -0.1) is 24.0 Å². The van der Waals surface area contributed by atoms with Gasteiger partial charge in [-0.05, 0) is 25.7 Å². The highest BCUT2D eigenvalue weighted by molar-refractivity contribution is 14.0. The largest absolute Gasteiger partial charge is 0.377 e. The first-order chi connectivity index (χ1) is 8.90. The zero-order valence-electron chi connectivity index (χ0n) is 11.4. The fourth-order valence-corrected chi connectivity index (χ4v) is 4.68. The van der Waals surface area contributed by atoms with Gasteiger partial charge in [0.05, 0.1) is 6.10 Å².